The van der Waals surface area contributed by atoms with Crippen molar-refractivity contribution in [3.8, 4) is 5.75 Å². The Kier molecular flexibility index (Phi) is 4.96. The molecule has 7 heteroatoms. The van der Waals surface area contributed by atoms with E-state index in [-0.39, 0.29) is 18.1 Å². The van der Waals surface area contributed by atoms with Crippen LogP contribution in [0.4, 0.5) is 0 Å². The second-order valence-electron chi connectivity index (χ2n) is 6.19. The molecule has 1 N–H and O–H groups in total. The van der Waals surface area contributed by atoms with Gasteiger partial charge in [0.25, 0.3) is 5.91 Å². The zero-order valence-corrected chi connectivity index (χ0v) is 14.6. The number of nitrogens with zero attached hydrogens (tertiary/aromatic N) is 1. The summed E-state index contributed by atoms with van der Waals surface area (Å²) in [7, 11) is 0. The number of fused-ring (bicyclic) bond motifs is 1. The number of carbonyl (C=O) groups excluding carboxylic acids is 1. The van der Waals surface area contributed by atoms with Gasteiger partial charge in [-0.1, -0.05) is 0 Å². The number of ether oxygens (including phenoxy) is 3. The molecule has 2 aromatic rings. The standard InChI is InChI=1S/C18H20N2O4S/c21-18(13-1-2-16-12(7-13)3-6-23-16)20-15-9-22-5-4-17(15)24-8-14-10-25-11-19-14/h1-2,7,10-11,15,17H,3-6,8-9H2,(H,20,21)/t15-,17+/m1/s1. The molecule has 1 saturated heterocycles. The van der Waals surface area contributed by atoms with Gasteiger partial charge < -0.3 is 19.5 Å². The fourth-order valence-electron chi connectivity index (χ4n) is 3.13. The number of benzene rings is 1. The minimum absolute atomic E-state index is 0.0721. The minimum atomic E-state index is -0.163. The molecule has 2 atom stereocenters. The molecular weight excluding hydrogens is 340 g/mol. The molecule has 6 nitrogen and oxygen atoms in total. The summed E-state index contributed by atoms with van der Waals surface area (Å²) in [6, 6.07) is 5.41. The van der Waals surface area contributed by atoms with Crippen LogP contribution in [0.2, 0.25) is 0 Å². The molecule has 2 aliphatic rings. The average molecular weight is 360 g/mol. The van der Waals surface area contributed by atoms with Crippen molar-refractivity contribution in [1.82, 2.24) is 10.3 Å². The summed E-state index contributed by atoms with van der Waals surface area (Å²) in [6.07, 6.45) is 1.53. The molecule has 2 aliphatic heterocycles. The van der Waals surface area contributed by atoms with Crippen LogP contribution in [-0.4, -0.2) is 42.9 Å². The maximum atomic E-state index is 12.6. The molecule has 0 spiro atoms. The van der Waals surface area contributed by atoms with Crippen LogP contribution in [0, 0.1) is 0 Å². The molecule has 1 amide bonds. The lowest BCUT2D eigenvalue weighted by molar-refractivity contribution is -0.0611. The summed E-state index contributed by atoms with van der Waals surface area (Å²) >= 11 is 1.55. The van der Waals surface area contributed by atoms with Crippen LogP contribution in [0.25, 0.3) is 0 Å². The zero-order valence-electron chi connectivity index (χ0n) is 13.8. The largest absolute Gasteiger partial charge is 0.493 e. The number of hydrogen-bond acceptors (Lipinski definition) is 6. The van der Waals surface area contributed by atoms with Crippen molar-refractivity contribution >= 4 is 17.2 Å². The summed E-state index contributed by atoms with van der Waals surface area (Å²) < 4.78 is 17.0. The fraction of sp³-hybridized carbons (Fsp3) is 0.444. The topological polar surface area (TPSA) is 69.7 Å². The van der Waals surface area contributed by atoms with Gasteiger partial charge in [0.15, 0.2) is 0 Å². The van der Waals surface area contributed by atoms with E-state index in [0.29, 0.717) is 32.0 Å². The Balaban J connectivity index is 1.39. The van der Waals surface area contributed by atoms with Crippen molar-refractivity contribution in [1.29, 1.82) is 0 Å². The number of aromatic nitrogens is 1. The minimum Gasteiger partial charge on any atom is -0.493 e. The zero-order chi connectivity index (χ0) is 17.1. The van der Waals surface area contributed by atoms with Gasteiger partial charge in [0.2, 0.25) is 0 Å². The highest BCUT2D eigenvalue weighted by atomic mass is 32.1. The first-order valence-electron chi connectivity index (χ1n) is 8.42. The van der Waals surface area contributed by atoms with Gasteiger partial charge in [-0.15, -0.1) is 11.3 Å². The van der Waals surface area contributed by atoms with Crippen molar-refractivity contribution < 1.29 is 19.0 Å². The average Bonchev–Trinajstić information content (AvgIpc) is 3.31. The van der Waals surface area contributed by atoms with Gasteiger partial charge in [-0.05, 0) is 30.2 Å². The van der Waals surface area contributed by atoms with Crippen LogP contribution in [0.1, 0.15) is 28.0 Å². The quantitative estimate of drug-likeness (QED) is 0.885. The van der Waals surface area contributed by atoms with E-state index >= 15 is 0 Å². The molecule has 0 unspecified atom stereocenters. The predicted octanol–water partition coefficient (Wildman–Crippen LogP) is 2.18. The highest BCUT2D eigenvalue weighted by Crippen LogP contribution is 2.26. The van der Waals surface area contributed by atoms with Crippen LogP contribution >= 0.6 is 11.3 Å². The van der Waals surface area contributed by atoms with E-state index in [1.165, 1.54) is 0 Å². The first-order chi connectivity index (χ1) is 12.3. The van der Waals surface area contributed by atoms with Crippen molar-refractivity contribution in [3.05, 3.63) is 45.9 Å². The van der Waals surface area contributed by atoms with Gasteiger partial charge in [0.05, 0.1) is 43.2 Å². The number of amides is 1. The third-order valence-corrected chi connectivity index (χ3v) is 5.13. The molecule has 132 valence electrons. The highest BCUT2D eigenvalue weighted by molar-refractivity contribution is 7.07. The molecule has 4 rings (SSSR count). The van der Waals surface area contributed by atoms with Gasteiger partial charge in [-0.3, -0.25) is 4.79 Å². The smallest absolute Gasteiger partial charge is 0.251 e. The molecule has 1 aromatic heterocycles. The molecule has 0 aliphatic carbocycles. The lowest BCUT2D eigenvalue weighted by Crippen LogP contribution is -2.50. The van der Waals surface area contributed by atoms with Crippen LogP contribution in [0.3, 0.4) is 0 Å². The van der Waals surface area contributed by atoms with Crippen LogP contribution in [0.15, 0.2) is 29.1 Å². The van der Waals surface area contributed by atoms with Crippen LogP contribution < -0.4 is 10.1 Å². The van der Waals surface area contributed by atoms with Crippen molar-refractivity contribution in [2.75, 3.05) is 19.8 Å². The number of rotatable bonds is 5. The van der Waals surface area contributed by atoms with Crippen molar-refractivity contribution in [2.45, 2.75) is 31.6 Å². The molecule has 25 heavy (non-hydrogen) atoms. The van der Waals surface area contributed by atoms with E-state index in [2.05, 4.69) is 10.3 Å². The molecule has 0 saturated carbocycles. The monoisotopic (exact) mass is 360 g/mol. The SMILES string of the molecule is O=C(N[C@@H]1COCC[C@@H]1OCc1cscn1)c1ccc2c(c1)CCO2. The van der Waals surface area contributed by atoms with E-state index in [1.807, 2.05) is 17.5 Å². The molecule has 0 bridgehead atoms. The fourth-order valence-corrected chi connectivity index (χ4v) is 3.68. The Morgan fingerprint density at radius 2 is 2.36 bits per heavy atom. The lowest BCUT2D eigenvalue weighted by atomic mass is 10.0. The van der Waals surface area contributed by atoms with E-state index in [0.717, 1.165) is 29.8 Å². The number of carbonyl (C=O) groups is 1. The highest BCUT2D eigenvalue weighted by Gasteiger charge is 2.29. The van der Waals surface area contributed by atoms with Crippen LogP contribution in [0.5, 0.6) is 5.75 Å². The number of thiazole rings is 1. The molecule has 3 heterocycles. The molecule has 1 fully saturated rings. The van der Waals surface area contributed by atoms with E-state index in [1.54, 1.807) is 22.9 Å². The summed E-state index contributed by atoms with van der Waals surface area (Å²) in [5.74, 6) is 0.773. The first-order valence-corrected chi connectivity index (χ1v) is 9.37. The molecule has 1 aromatic carbocycles. The summed E-state index contributed by atoms with van der Waals surface area (Å²) in [5.41, 5.74) is 4.44. The Hall–Kier alpha value is -1.96. The van der Waals surface area contributed by atoms with Gasteiger partial charge in [-0.25, -0.2) is 4.98 Å². The summed E-state index contributed by atoms with van der Waals surface area (Å²) in [5, 5.41) is 5.03. The lowest BCUT2D eigenvalue weighted by Gasteiger charge is -2.32. The maximum Gasteiger partial charge on any atom is 0.251 e. The number of hydrogen-bond donors (Lipinski definition) is 1. The Bertz CT molecular complexity index is 735. The molecular formula is C18H20N2O4S. The third-order valence-electron chi connectivity index (χ3n) is 4.49. The van der Waals surface area contributed by atoms with Crippen LogP contribution in [-0.2, 0) is 22.5 Å². The summed E-state index contributed by atoms with van der Waals surface area (Å²) in [4.78, 5) is 16.8. The third kappa shape index (κ3) is 3.84. The van der Waals surface area contributed by atoms with E-state index in [4.69, 9.17) is 14.2 Å². The second-order valence-corrected chi connectivity index (χ2v) is 6.91. The Morgan fingerprint density at radius 3 is 3.24 bits per heavy atom. The van der Waals surface area contributed by atoms with Gasteiger partial charge in [0, 0.05) is 24.0 Å². The first kappa shape index (κ1) is 16.5. The Morgan fingerprint density at radius 1 is 1.40 bits per heavy atom. The van der Waals surface area contributed by atoms with Gasteiger partial charge in [0.1, 0.15) is 5.75 Å². The van der Waals surface area contributed by atoms with Gasteiger partial charge >= 0.3 is 0 Å². The molecule has 0 radical (unpaired) electrons. The van der Waals surface area contributed by atoms with Crippen molar-refractivity contribution in [2.24, 2.45) is 0 Å². The number of nitrogens with one attached hydrogen (secondary N) is 1. The van der Waals surface area contributed by atoms with E-state index in [9.17, 15) is 4.79 Å². The Labute approximate surface area is 150 Å². The maximum absolute atomic E-state index is 12.6. The summed E-state index contributed by atoms with van der Waals surface area (Å²) in [6.45, 7) is 2.24. The van der Waals surface area contributed by atoms with E-state index < -0.39 is 0 Å². The predicted molar refractivity (Wildman–Crippen MR) is 93.0 cm³/mol. The van der Waals surface area contributed by atoms with Gasteiger partial charge in [-0.2, -0.15) is 0 Å². The second kappa shape index (κ2) is 7.51. The normalized spacial score (nSPS) is 22.2. The van der Waals surface area contributed by atoms with Crippen molar-refractivity contribution in [3.63, 3.8) is 0 Å².